The van der Waals surface area contributed by atoms with Gasteiger partial charge in [-0.3, -0.25) is 4.98 Å². The predicted octanol–water partition coefficient (Wildman–Crippen LogP) is 3.34. The summed E-state index contributed by atoms with van der Waals surface area (Å²) in [7, 11) is 0. The molecule has 1 saturated carbocycles. The maximum absolute atomic E-state index is 4.42. The van der Waals surface area contributed by atoms with Gasteiger partial charge in [-0.2, -0.15) is 0 Å². The van der Waals surface area contributed by atoms with Crippen molar-refractivity contribution in [1.82, 2.24) is 14.9 Å². The van der Waals surface area contributed by atoms with Crippen LogP contribution in [0.25, 0.3) is 10.9 Å². The summed E-state index contributed by atoms with van der Waals surface area (Å²) in [5.74, 6) is 0. The third kappa shape index (κ3) is 2.69. The highest BCUT2D eigenvalue weighted by Gasteiger charge is 2.20. The van der Waals surface area contributed by atoms with Crippen LogP contribution in [0, 0.1) is 0 Å². The Morgan fingerprint density at radius 1 is 1.10 bits per heavy atom. The van der Waals surface area contributed by atoms with E-state index in [4.69, 9.17) is 0 Å². The minimum Gasteiger partial charge on any atom is -0.341 e. The lowest BCUT2D eigenvalue weighted by molar-refractivity contribution is 0.691. The maximum atomic E-state index is 4.42. The normalized spacial score (nSPS) is 14.7. The first kappa shape index (κ1) is 12.6. The summed E-state index contributed by atoms with van der Waals surface area (Å²) in [6.07, 6.45) is 6.68. The Kier molecular flexibility index (Phi) is 3.20. The third-order valence-corrected chi connectivity index (χ3v) is 4.12. The van der Waals surface area contributed by atoms with Gasteiger partial charge in [-0.15, -0.1) is 0 Å². The molecule has 3 aromatic rings. The molecule has 21 heavy (non-hydrogen) atoms. The zero-order valence-corrected chi connectivity index (χ0v) is 12.0. The Morgan fingerprint density at radius 3 is 2.86 bits per heavy atom. The molecular weight excluding hydrogens is 258 g/mol. The van der Waals surface area contributed by atoms with E-state index in [1.165, 1.54) is 29.3 Å². The topological polar surface area (TPSA) is 29.9 Å². The second-order valence-electron chi connectivity index (χ2n) is 5.77. The minimum atomic E-state index is 0.746. The van der Waals surface area contributed by atoms with Crippen LogP contribution in [0.3, 0.4) is 0 Å². The quantitative estimate of drug-likeness (QED) is 0.775. The summed E-state index contributed by atoms with van der Waals surface area (Å²) in [6.45, 7) is 1.79. The molecule has 1 aliphatic rings. The third-order valence-electron chi connectivity index (χ3n) is 4.12. The Labute approximate surface area is 124 Å². The van der Waals surface area contributed by atoms with Crippen LogP contribution < -0.4 is 5.32 Å². The number of pyridine rings is 1. The van der Waals surface area contributed by atoms with Crippen molar-refractivity contribution in [2.45, 2.75) is 32.0 Å². The predicted molar refractivity (Wildman–Crippen MR) is 85.1 cm³/mol. The van der Waals surface area contributed by atoms with Crippen LogP contribution in [0.2, 0.25) is 0 Å². The minimum absolute atomic E-state index is 0.746. The Morgan fingerprint density at radius 2 is 2.05 bits per heavy atom. The number of rotatable bonds is 5. The van der Waals surface area contributed by atoms with Crippen molar-refractivity contribution < 1.29 is 0 Å². The maximum Gasteiger partial charge on any atom is 0.0648 e. The van der Waals surface area contributed by atoms with E-state index in [1.54, 1.807) is 0 Å². The van der Waals surface area contributed by atoms with Crippen molar-refractivity contribution in [3.8, 4) is 0 Å². The molecule has 4 rings (SSSR count). The van der Waals surface area contributed by atoms with Crippen molar-refractivity contribution >= 4 is 10.9 Å². The molecule has 1 fully saturated rings. The Hall–Kier alpha value is -2.13. The number of benzene rings is 1. The molecule has 1 aliphatic carbocycles. The van der Waals surface area contributed by atoms with Gasteiger partial charge in [0.1, 0.15) is 0 Å². The zero-order chi connectivity index (χ0) is 14.1. The largest absolute Gasteiger partial charge is 0.341 e. The number of aromatic nitrogens is 2. The molecule has 2 aromatic heterocycles. The van der Waals surface area contributed by atoms with Gasteiger partial charge >= 0.3 is 0 Å². The molecule has 3 nitrogen and oxygen atoms in total. The van der Waals surface area contributed by atoms with Gasteiger partial charge in [-0.1, -0.05) is 18.2 Å². The number of hydrogen-bond donors (Lipinski definition) is 1. The van der Waals surface area contributed by atoms with E-state index >= 15 is 0 Å². The molecule has 3 heteroatoms. The van der Waals surface area contributed by atoms with E-state index in [0.717, 1.165) is 24.8 Å². The van der Waals surface area contributed by atoms with Crippen molar-refractivity contribution in [3.05, 3.63) is 66.1 Å². The molecule has 0 bridgehead atoms. The molecule has 0 saturated heterocycles. The van der Waals surface area contributed by atoms with Gasteiger partial charge < -0.3 is 9.88 Å². The van der Waals surface area contributed by atoms with Gasteiger partial charge in [0.15, 0.2) is 0 Å². The summed E-state index contributed by atoms with van der Waals surface area (Å²) in [6, 6.07) is 15.6. The molecule has 2 heterocycles. The van der Waals surface area contributed by atoms with Crippen LogP contribution in [-0.4, -0.2) is 15.6 Å². The van der Waals surface area contributed by atoms with Gasteiger partial charge in [-0.05, 0) is 42.7 Å². The van der Waals surface area contributed by atoms with E-state index in [2.05, 4.69) is 51.4 Å². The molecule has 1 aromatic carbocycles. The highest BCUT2D eigenvalue weighted by Crippen LogP contribution is 2.23. The average Bonchev–Trinajstić information content (AvgIpc) is 3.27. The first-order chi connectivity index (χ1) is 10.4. The molecule has 0 radical (unpaired) electrons. The van der Waals surface area contributed by atoms with Crippen LogP contribution in [0.1, 0.15) is 24.1 Å². The molecule has 106 valence electrons. The van der Waals surface area contributed by atoms with Crippen LogP contribution in [0.15, 0.2) is 54.9 Å². The summed E-state index contributed by atoms with van der Waals surface area (Å²) in [4.78, 5) is 4.42. The molecule has 1 N–H and O–H groups in total. The lowest BCUT2D eigenvalue weighted by Gasteiger charge is -2.08. The highest BCUT2D eigenvalue weighted by atomic mass is 15.0. The number of nitrogens with zero attached hydrogens (tertiary/aromatic N) is 2. The second kappa shape index (κ2) is 5.34. The Balaban J connectivity index is 1.63. The first-order valence-corrected chi connectivity index (χ1v) is 7.60. The SMILES string of the molecule is c1ccc(Cn2ccc3c(CNC4CC4)cccc32)nc1. The lowest BCUT2D eigenvalue weighted by atomic mass is 10.1. The zero-order valence-electron chi connectivity index (χ0n) is 12.0. The van der Waals surface area contributed by atoms with Crippen LogP contribution in [0.5, 0.6) is 0 Å². The van der Waals surface area contributed by atoms with Gasteiger partial charge in [0, 0.05) is 35.9 Å². The van der Waals surface area contributed by atoms with Crippen LogP contribution in [-0.2, 0) is 13.1 Å². The lowest BCUT2D eigenvalue weighted by Crippen LogP contribution is -2.15. The highest BCUT2D eigenvalue weighted by molar-refractivity contribution is 5.83. The van der Waals surface area contributed by atoms with E-state index in [-0.39, 0.29) is 0 Å². The van der Waals surface area contributed by atoms with Crippen LogP contribution >= 0.6 is 0 Å². The van der Waals surface area contributed by atoms with Gasteiger partial charge in [-0.25, -0.2) is 0 Å². The molecule has 0 unspecified atom stereocenters. The smallest absolute Gasteiger partial charge is 0.0648 e. The number of fused-ring (bicyclic) bond motifs is 1. The molecule has 0 spiro atoms. The fourth-order valence-electron chi connectivity index (χ4n) is 2.79. The standard InChI is InChI=1S/C18H19N3/c1-2-10-19-16(5-1)13-21-11-9-17-14(4-3-6-18(17)21)12-20-15-7-8-15/h1-6,9-11,15,20H,7-8,12-13H2. The van der Waals surface area contributed by atoms with Crippen molar-refractivity contribution in [2.24, 2.45) is 0 Å². The summed E-state index contributed by atoms with van der Waals surface area (Å²) < 4.78 is 2.28. The molecular formula is C18H19N3. The molecule has 0 atom stereocenters. The second-order valence-corrected chi connectivity index (χ2v) is 5.77. The van der Waals surface area contributed by atoms with E-state index < -0.39 is 0 Å². The van der Waals surface area contributed by atoms with Crippen molar-refractivity contribution in [2.75, 3.05) is 0 Å². The van der Waals surface area contributed by atoms with E-state index in [0.29, 0.717) is 0 Å². The average molecular weight is 277 g/mol. The number of hydrogen-bond acceptors (Lipinski definition) is 2. The monoisotopic (exact) mass is 277 g/mol. The summed E-state index contributed by atoms with van der Waals surface area (Å²) in [5, 5.41) is 4.95. The molecule has 0 amide bonds. The molecule has 0 aliphatic heterocycles. The fraction of sp³-hybridized carbons (Fsp3) is 0.278. The van der Waals surface area contributed by atoms with Crippen molar-refractivity contribution in [3.63, 3.8) is 0 Å². The fourth-order valence-corrected chi connectivity index (χ4v) is 2.79. The Bertz CT molecular complexity index is 742. The van der Waals surface area contributed by atoms with E-state index in [1.807, 2.05) is 18.3 Å². The first-order valence-electron chi connectivity index (χ1n) is 7.60. The van der Waals surface area contributed by atoms with Gasteiger partial charge in [0.2, 0.25) is 0 Å². The summed E-state index contributed by atoms with van der Waals surface area (Å²) in [5.41, 5.74) is 3.77. The van der Waals surface area contributed by atoms with Crippen LogP contribution in [0.4, 0.5) is 0 Å². The summed E-state index contributed by atoms with van der Waals surface area (Å²) >= 11 is 0. The van der Waals surface area contributed by atoms with E-state index in [9.17, 15) is 0 Å². The van der Waals surface area contributed by atoms with Crippen molar-refractivity contribution in [1.29, 1.82) is 0 Å². The van der Waals surface area contributed by atoms with Gasteiger partial charge in [0.05, 0.1) is 12.2 Å². The number of nitrogens with one attached hydrogen (secondary N) is 1. The van der Waals surface area contributed by atoms with Gasteiger partial charge in [0.25, 0.3) is 0 Å².